The maximum atomic E-state index is 13.0. The van der Waals surface area contributed by atoms with Crippen LogP contribution in [0.4, 0.5) is 19.0 Å². The van der Waals surface area contributed by atoms with Crippen LogP contribution >= 0.6 is 11.6 Å². The fraction of sp³-hybridized carbons (Fsp3) is 0.267. The lowest BCUT2D eigenvalue weighted by Gasteiger charge is -2.23. The summed E-state index contributed by atoms with van der Waals surface area (Å²) < 4.78 is 39.6. The first-order chi connectivity index (χ1) is 11.9. The number of nitrogens with zero attached hydrogens (tertiary/aromatic N) is 5. The monoisotopic (exact) mass is 371 g/mol. The molecule has 0 aliphatic rings. The van der Waals surface area contributed by atoms with Crippen LogP contribution in [0.5, 0.6) is 0 Å². The predicted octanol–water partition coefficient (Wildman–Crippen LogP) is 2.80. The molecule has 0 fully saturated rings. The molecule has 132 valence electrons. The van der Waals surface area contributed by atoms with Gasteiger partial charge in [0, 0.05) is 18.1 Å². The Labute approximate surface area is 145 Å². The minimum atomic E-state index is -4.67. The second kappa shape index (κ2) is 6.85. The lowest BCUT2D eigenvalue weighted by molar-refractivity contribution is -0.146. The Morgan fingerprint density at radius 2 is 1.96 bits per heavy atom. The number of hydrogen-bond acceptors (Lipinski definition) is 5. The fourth-order valence-electron chi connectivity index (χ4n) is 2.38. The fourth-order valence-corrected chi connectivity index (χ4v) is 2.59. The third-order valence-corrected chi connectivity index (χ3v) is 3.69. The van der Waals surface area contributed by atoms with Crippen LogP contribution in [-0.2, 0) is 12.7 Å². The number of alkyl halides is 3. The van der Waals surface area contributed by atoms with E-state index in [0.717, 1.165) is 5.56 Å². The third-order valence-electron chi connectivity index (χ3n) is 3.46. The number of halogens is 4. The zero-order valence-corrected chi connectivity index (χ0v) is 13.5. The molecule has 0 amide bonds. The Kier molecular flexibility index (Phi) is 4.78. The van der Waals surface area contributed by atoms with Crippen molar-refractivity contribution >= 4 is 23.1 Å². The van der Waals surface area contributed by atoms with Gasteiger partial charge in [-0.15, -0.1) is 15.3 Å². The van der Waals surface area contributed by atoms with Crippen molar-refractivity contribution in [2.24, 2.45) is 0 Å². The molecule has 25 heavy (non-hydrogen) atoms. The van der Waals surface area contributed by atoms with Crippen LogP contribution in [0, 0.1) is 0 Å². The van der Waals surface area contributed by atoms with Crippen LogP contribution in [0.2, 0.25) is 5.02 Å². The topological polar surface area (TPSA) is 66.5 Å². The van der Waals surface area contributed by atoms with Gasteiger partial charge in [-0.25, -0.2) is 0 Å². The molecule has 6 nitrogen and oxygen atoms in total. The number of benzene rings is 1. The van der Waals surface area contributed by atoms with Crippen LogP contribution < -0.4 is 4.90 Å². The molecular weight excluding hydrogens is 359 g/mol. The van der Waals surface area contributed by atoms with E-state index in [-0.39, 0.29) is 24.6 Å². The van der Waals surface area contributed by atoms with Crippen LogP contribution in [0.25, 0.3) is 5.65 Å². The van der Waals surface area contributed by atoms with E-state index in [4.69, 9.17) is 11.6 Å². The standard InChI is InChI=1S/C15H13ClF3N5O/c16-11-3-1-2-10(8-11)9-23(6-7-25)13-5-4-12-20-21-14(15(17,18)19)24(12)22-13/h1-5,8,25H,6-7,9H2. The molecular formula is C15H13ClF3N5O. The molecule has 3 rings (SSSR count). The molecule has 0 unspecified atom stereocenters. The number of aromatic nitrogens is 4. The summed E-state index contributed by atoms with van der Waals surface area (Å²) in [6, 6.07) is 9.99. The van der Waals surface area contributed by atoms with Gasteiger partial charge >= 0.3 is 6.18 Å². The first-order valence-electron chi connectivity index (χ1n) is 7.28. The second-order valence-corrected chi connectivity index (χ2v) is 5.69. The molecule has 3 aromatic rings. The number of hydrogen-bond donors (Lipinski definition) is 1. The van der Waals surface area contributed by atoms with Crippen molar-refractivity contribution < 1.29 is 18.3 Å². The van der Waals surface area contributed by atoms with Gasteiger partial charge in [0.2, 0.25) is 0 Å². The highest BCUT2D eigenvalue weighted by Crippen LogP contribution is 2.28. The smallest absolute Gasteiger partial charge is 0.395 e. The molecule has 1 N–H and O–H groups in total. The van der Waals surface area contributed by atoms with Gasteiger partial charge in [0.15, 0.2) is 5.65 Å². The molecule has 2 heterocycles. The molecule has 0 atom stereocenters. The van der Waals surface area contributed by atoms with Crippen molar-refractivity contribution in [1.82, 2.24) is 19.8 Å². The van der Waals surface area contributed by atoms with E-state index in [0.29, 0.717) is 16.1 Å². The molecule has 0 aliphatic heterocycles. The summed E-state index contributed by atoms with van der Waals surface area (Å²) in [7, 11) is 0. The van der Waals surface area contributed by atoms with Gasteiger partial charge in [-0.2, -0.15) is 17.7 Å². The second-order valence-electron chi connectivity index (χ2n) is 5.26. The summed E-state index contributed by atoms with van der Waals surface area (Å²) in [6.07, 6.45) is -4.67. The molecule has 10 heteroatoms. The molecule has 1 aromatic carbocycles. The van der Waals surface area contributed by atoms with Gasteiger partial charge in [-0.3, -0.25) is 0 Å². The minimum Gasteiger partial charge on any atom is -0.395 e. The van der Waals surface area contributed by atoms with E-state index < -0.39 is 12.0 Å². The highest BCUT2D eigenvalue weighted by Gasteiger charge is 2.37. The molecule has 0 spiro atoms. The van der Waals surface area contributed by atoms with Crippen molar-refractivity contribution in [2.45, 2.75) is 12.7 Å². The zero-order valence-electron chi connectivity index (χ0n) is 12.8. The van der Waals surface area contributed by atoms with E-state index in [1.807, 2.05) is 6.07 Å². The number of aliphatic hydroxyl groups excluding tert-OH is 1. The van der Waals surface area contributed by atoms with Crippen molar-refractivity contribution in [1.29, 1.82) is 0 Å². The Hall–Kier alpha value is -2.39. The van der Waals surface area contributed by atoms with Crippen molar-refractivity contribution in [3.8, 4) is 0 Å². The van der Waals surface area contributed by atoms with E-state index in [9.17, 15) is 18.3 Å². The number of aliphatic hydroxyl groups is 1. The minimum absolute atomic E-state index is 0.0113. The summed E-state index contributed by atoms with van der Waals surface area (Å²) in [5.74, 6) is -0.942. The lowest BCUT2D eigenvalue weighted by atomic mass is 10.2. The SMILES string of the molecule is OCCN(Cc1cccc(Cl)c1)c1ccc2nnc(C(F)(F)F)n2n1. The quantitative estimate of drug-likeness (QED) is 0.747. The van der Waals surface area contributed by atoms with Crippen molar-refractivity contribution in [3.05, 3.63) is 52.8 Å². The molecule has 0 bridgehead atoms. The number of anilines is 1. The molecule has 0 saturated heterocycles. The zero-order chi connectivity index (χ0) is 18.0. The first-order valence-corrected chi connectivity index (χ1v) is 7.66. The highest BCUT2D eigenvalue weighted by molar-refractivity contribution is 6.30. The van der Waals surface area contributed by atoms with E-state index in [1.54, 1.807) is 23.1 Å². The van der Waals surface area contributed by atoms with Crippen LogP contribution in [-0.4, -0.2) is 38.1 Å². The maximum Gasteiger partial charge on any atom is 0.453 e. The Balaban J connectivity index is 1.98. The molecule has 2 aromatic heterocycles. The predicted molar refractivity (Wildman–Crippen MR) is 85.4 cm³/mol. The van der Waals surface area contributed by atoms with Crippen molar-refractivity contribution in [2.75, 3.05) is 18.1 Å². The third kappa shape index (κ3) is 3.83. The number of fused-ring (bicyclic) bond motifs is 1. The largest absolute Gasteiger partial charge is 0.453 e. The Morgan fingerprint density at radius 3 is 2.64 bits per heavy atom. The van der Waals surface area contributed by atoms with Gasteiger partial charge in [0.1, 0.15) is 5.82 Å². The summed E-state index contributed by atoms with van der Waals surface area (Å²) >= 11 is 5.96. The Morgan fingerprint density at radius 1 is 1.16 bits per heavy atom. The average Bonchev–Trinajstić information content (AvgIpc) is 2.97. The van der Waals surface area contributed by atoms with Gasteiger partial charge in [0.05, 0.1) is 6.61 Å². The highest BCUT2D eigenvalue weighted by atomic mass is 35.5. The Bertz CT molecular complexity index is 883. The molecule has 0 saturated carbocycles. The van der Waals surface area contributed by atoms with Gasteiger partial charge < -0.3 is 10.0 Å². The maximum absolute atomic E-state index is 13.0. The van der Waals surface area contributed by atoms with Crippen LogP contribution in [0.3, 0.4) is 0 Å². The van der Waals surface area contributed by atoms with Crippen LogP contribution in [0.15, 0.2) is 36.4 Å². The number of rotatable bonds is 5. The summed E-state index contributed by atoms with van der Waals surface area (Å²) in [6.45, 7) is 0.326. The first kappa shape index (κ1) is 17.4. The van der Waals surface area contributed by atoms with E-state index in [2.05, 4.69) is 15.3 Å². The molecule has 0 radical (unpaired) electrons. The van der Waals surface area contributed by atoms with E-state index in [1.165, 1.54) is 12.1 Å². The summed E-state index contributed by atoms with van der Waals surface area (Å²) in [5, 5.41) is 20.4. The van der Waals surface area contributed by atoms with Gasteiger partial charge in [-0.1, -0.05) is 23.7 Å². The van der Waals surface area contributed by atoms with Crippen LogP contribution in [0.1, 0.15) is 11.4 Å². The summed E-state index contributed by atoms with van der Waals surface area (Å²) in [4.78, 5) is 1.64. The summed E-state index contributed by atoms with van der Waals surface area (Å²) in [5.41, 5.74) is 0.824. The van der Waals surface area contributed by atoms with Gasteiger partial charge in [0.25, 0.3) is 5.82 Å². The van der Waals surface area contributed by atoms with Gasteiger partial charge in [-0.05, 0) is 29.8 Å². The van der Waals surface area contributed by atoms with Crippen molar-refractivity contribution in [3.63, 3.8) is 0 Å². The normalized spacial score (nSPS) is 11.9. The molecule has 0 aliphatic carbocycles. The van der Waals surface area contributed by atoms with E-state index >= 15 is 0 Å². The average molecular weight is 372 g/mol. The lowest BCUT2D eigenvalue weighted by Crippen LogP contribution is -2.28.